The number of hydrogen-bond donors (Lipinski definition) is 1. The summed E-state index contributed by atoms with van der Waals surface area (Å²) in [4.78, 5) is 4.53. The number of fused-ring (bicyclic) bond motifs is 1. The lowest BCUT2D eigenvalue weighted by Crippen LogP contribution is -2.42. The first-order chi connectivity index (χ1) is 11.4. The number of nitrogens with zero attached hydrogens (tertiary/aromatic N) is 5. The van der Waals surface area contributed by atoms with Gasteiger partial charge in [0.05, 0.1) is 5.54 Å². The Hall–Kier alpha value is -2.23. The molecule has 0 unspecified atom stereocenters. The van der Waals surface area contributed by atoms with Gasteiger partial charge in [0, 0.05) is 11.1 Å². The van der Waals surface area contributed by atoms with Crippen LogP contribution in [0.4, 0.5) is 19.0 Å². The van der Waals surface area contributed by atoms with E-state index in [0.717, 1.165) is 34.5 Å². The molecule has 3 heterocycles. The largest absolute Gasteiger partial charge is 0.453 e. The zero-order chi connectivity index (χ0) is 16.9. The van der Waals surface area contributed by atoms with Gasteiger partial charge in [0.25, 0.3) is 5.82 Å². The molecule has 0 spiro atoms. The zero-order valence-corrected chi connectivity index (χ0v) is 13.4. The molecule has 126 valence electrons. The number of nitrogens with one attached hydrogen (secondary N) is 1. The minimum atomic E-state index is -4.61. The van der Waals surface area contributed by atoms with Crippen LogP contribution in [0.3, 0.4) is 0 Å². The highest BCUT2D eigenvalue weighted by Crippen LogP contribution is 2.44. The standard InChI is InChI=1S/C14H13F3N6S/c1-8-7-24-12(18-8)13(5-2-6-13)19-9-3-4-10-20-21-11(14(15,16)17)23(10)22-9/h3-4,7H,2,5-6H2,1H3,(H,19,22). The summed E-state index contributed by atoms with van der Waals surface area (Å²) in [6.45, 7) is 1.92. The normalized spacial score (nSPS) is 17.0. The van der Waals surface area contributed by atoms with Crippen LogP contribution in [0, 0.1) is 6.92 Å². The topological polar surface area (TPSA) is 68.0 Å². The summed E-state index contributed by atoms with van der Waals surface area (Å²) in [5.41, 5.74) is 0.636. The molecule has 0 aliphatic heterocycles. The quantitative estimate of drug-likeness (QED) is 0.781. The molecular weight excluding hydrogens is 341 g/mol. The maximum Gasteiger partial charge on any atom is 0.453 e. The highest BCUT2D eigenvalue weighted by Gasteiger charge is 2.42. The van der Waals surface area contributed by atoms with E-state index in [4.69, 9.17) is 0 Å². The lowest BCUT2D eigenvalue weighted by molar-refractivity contribution is -0.146. The number of rotatable bonds is 3. The average molecular weight is 354 g/mol. The van der Waals surface area contributed by atoms with Crippen LogP contribution in [0.1, 0.15) is 35.8 Å². The van der Waals surface area contributed by atoms with Gasteiger partial charge < -0.3 is 5.32 Å². The van der Waals surface area contributed by atoms with Crippen LogP contribution >= 0.6 is 11.3 Å². The van der Waals surface area contributed by atoms with Crippen molar-refractivity contribution in [2.75, 3.05) is 5.32 Å². The highest BCUT2D eigenvalue weighted by molar-refractivity contribution is 7.09. The first kappa shape index (κ1) is 15.3. The van der Waals surface area contributed by atoms with Crippen LogP contribution in [-0.2, 0) is 11.7 Å². The van der Waals surface area contributed by atoms with Gasteiger partial charge in [-0.3, -0.25) is 0 Å². The van der Waals surface area contributed by atoms with Gasteiger partial charge in [0.2, 0.25) is 0 Å². The molecule has 1 saturated carbocycles. The minimum Gasteiger partial charge on any atom is -0.357 e. The molecule has 10 heteroatoms. The molecule has 24 heavy (non-hydrogen) atoms. The molecule has 0 radical (unpaired) electrons. The number of hydrogen-bond acceptors (Lipinski definition) is 6. The molecule has 0 atom stereocenters. The van der Waals surface area contributed by atoms with Crippen LogP contribution in [0.2, 0.25) is 0 Å². The molecule has 0 bridgehead atoms. The van der Waals surface area contributed by atoms with Crippen molar-refractivity contribution in [2.45, 2.75) is 37.9 Å². The number of halogens is 3. The monoisotopic (exact) mass is 354 g/mol. The van der Waals surface area contributed by atoms with Crippen LogP contribution < -0.4 is 5.32 Å². The SMILES string of the molecule is Cc1csc(C2(Nc3ccc4nnc(C(F)(F)F)n4n3)CCC2)n1. The maximum absolute atomic E-state index is 13.0. The van der Waals surface area contributed by atoms with E-state index in [2.05, 4.69) is 25.6 Å². The van der Waals surface area contributed by atoms with Crippen molar-refractivity contribution in [3.8, 4) is 0 Å². The summed E-state index contributed by atoms with van der Waals surface area (Å²) in [7, 11) is 0. The lowest BCUT2D eigenvalue weighted by Gasteiger charge is -2.41. The van der Waals surface area contributed by atoms with E-state index in [1.165, 1.54) is 6.07 Å². The molecule has 0 saturated heterocycles. The number of thiazole rings is 1. The van der Waals surface area contributed by atoms with Gasteiger partial charge in [-0.15, -0.1) is 26.6 Å². The summed E-state index contributed by atoms with van der Waals surface area (Å²) >= 11 is 1.55. The predicted octanol–water partition coefficient (Wildman–Crippen LogP) is 3.40. The molecule has 0 aromatic carbocycles. The molecule has 1 aliphatic carbocycles. The Morgan fingerprint density at radius 3 is 2.62 bits per heavy atom. The minimum absolute atomic E-state index is 0.0561. The Balaban J connectivity index is 1.71. The molecule has 1 N–H and O–H groups in total. The number of aryl methyl sites for hydroxylation is 1. The number of aromatic nitrogens is 5. The third kappa shape index (κ3) is 2.41. The summed E-state index contributed by atoms with van der Waals surface area (Å²) < 4.78 is 39.6. The van der Waals surface area contributed by atoms with E-state index in [9.17, 15) is 13.2 Å². The second kappa shape index (κ2) is 5.13. The number of anilines is 1. The van der Waals surface area contributed by atoms with Gasteiger partial charge in [-0.1, -0.05) is 0 Å². The van der Waals surface area contributed by atoms with Crippen molar-refractivity contribution in [3.63, 3.8) is 0 Å². The Morgan fingerprint density at radius 1 is 1.25 bits per heavy atom. The Kier molecular flexibility index (Phi) is 3.27. The van der Waals surface area contributed by atoms with E-state index in [1.54, 1.807) is 17.4 Å². The molecule has 4 rings (SSSR count). The molecule has 3 aromatic heterocycles. The van der Waals surface area contributed by atoms with Gasteiger partial charge in [-0.25, -0.2) is 4.98 Å². The third-order valence-corrected chi connectivity index (χ3v) is 5.28. The Bertz CT molecular complexity index is 895. The maximum atomic E-state index is 13.0. The smallest absolute Gasteiger partial charge is 0.357 e. The van der Waals surface area contributed by atoms with E-state index >= 15 is 0 Å². The fourth-order valence-electron chi connectivity index (χ4n) is 2.77. The molecule has 0 amide bonds. The van der Waals surface area contributed by atoms with Gasteiger partial charge in [0.1, 0.15) is 10.8 Å². The van der Waals surface area contributed by atoms with Gasteiger partial charge in [0.15, 0.2) is 5.65 Å². The van der Waals surface area contributed by atoms with E-state index in [0.29, 0.717) is 5.82 Å². The van der Waals surface area contributed by atoms with Crippen LogP contribution in [0.5, 0.6) is 0 Å². The number of alkyl halides is 3. The first-order valence-corrected chi connectivity index (χ1v) is 8.26. The molecule has 1 fully saturated rings. The predicted molar refractivity (Wildman–Crippen MR) is 81.8 cm³/mol. The fraction of sp³-hybridized carbons (Fsp3) is 0.429. The lowest BCUT2D eigenvalue weighted by atomic mass is 9.77. The second-order valence-electron chi connectivity index (χ2n) is 5.86. The summed E-state index contributed by atoms with van der Waals surface area (Å²) in [6, 6.07) is 3.09. The van der Waals surface area contributed by atoms with Gasteiger partial charge >= 0.3 is 6.18 Å². The van der Waals surface area contributed by atoms with E-state index in [-0.39, 0.29) is 11.2 Å². The summed E-state index contributed by atoms with van der Waals surface area (Å²) in [6.07, 6.45) is -1.83. The van der Waals surface area contributed by atoms with Gasteiger partial charge in [-0.05, 0) is 38.3 Å². The van der Waals surface area contributed by atoms with Gasteiger partial charge in [-0.2, -0.15) is 17.7 Å². The first-order valence-electron chi connectivity index (χ1n) is 7.38. The molecule has 6 nitrogen and oxygen atoms in total. The van der Waals surface area contributed by atoms with E-state index < -0.39 is 12.0 Å². The summed E-state index contributed by atoms with van der Waals surface area (Å²) in [5.74, 6) is -0.783. The molecular formula is C14H13F3N6S. The van der Waals surface area contributed by atoms with Crippen LogP contribution in [-0.4, -0.2) is 24.8 Å². The molecule has 3 aromatic rings. The Labute approximate surface area is 138 Å². The molecule has 1 aliphatic rings. The second-order valence-corrected chi connectivity index (χ2v) is 6.72. The van der Waals surface area contributed by atoms with Crippen molar-refractivity contribution in [2.24, 2.45) is 0 Å². The third-order valence-electron chi connectivity index (χ3n) is 4.12. The average Bonchev–Trinajstić information content (AvgIpc) is 3.08. The fourth-order valence-corrected chi connectivity index (χ4v) is 3.79. The van der Waals surface area contributed by atoms with Crippen molar-refractivity contribution in [3.05, 3.63) is 34.0 Å². The van der Waals surface area contributed by atoms with E-state index in [1.807, 2.05) is 12.3 Å². The van der Waals surface area contributed by atoms with Crippen LogP contribution in [0.15, 0.2) is 17.5 Å². The highest BCUT2D eigenvalue weighted by atomic mass is 32.1. The van der Waals surface area contributed by atoms with Crippen molar-refractivity contribution in [1.29, 1.82) is 0 Å². The van der Waals surface area contributed by atoms with Crippen molar-refractivity contribution >= 4 is 22.8 Å². The van der Waals surface area contributed by atoms with Crippen molar-refractivity contribution in [1.82, 2.24) is 24.8 Å². The summed E-state index contributed by atoms with van der Waals surface area (Å²) in [5, 5.41) is 16.9. The zero-order valence-electron chi connectivity index (χ0n) is 12.6. The van der Waals surface area contributed by atoms with Crippen LogP contribution in [0.25, 0.3) is 5.65 Å². The van der Waals surface area contributed by atoms with Crippen molar-refractivity contribution < 1.29 is 13.2 Å². The Morgan fingerprint density at radius 2 is 2.04 bits per heavy atom.